The van der Waals surface area contributed by atoms with Gasteiger partial charge in [0.1, 0.15) is 0 Å². The number of hydrogen-bond acceptors (Lipinski definition) is 9. The lowest BCUT2D eigenvalue weighted by Crippen LogP contribution is -1.96. The Bertz CT molecular complexity index is 8440. The molecule has 0 aliphatic carbocycles. The third-order valence-electron chi connectivity index (χ3n) is 24.2. The minimum Gasteiger partial charge on any atom is -0.228 e. The molecular weight excluding hydrogens is 1620 g/mol. The first-order valence-corrected chi connectivity index (χ1v) is 45.8. The molecule has 0 spiro atoms. The highest BCUT2D eigenvalue weighted by Crippen LogP contribution is 2.48. The standard InChI is InChI=1S/C50H32N2S.C38H24N2S.C32H20N2S/c1-4-14-33(15-5-1)40-30-41(34-16-6-2-7-17-34)32-42(31-40)38-22-12-20-36(28-38)37-21-13-23-39(29-37)50-51-44-26-27-46-47(43-24-10-11-25-45(43)53-46)48(44)49(52-50)35-18-8-3-9-19-35;1-3-10-25(11-4-1)29-14-9-15-30(24-29)26-18-20-28(21-19-26)38-39-32-22-23-34-35(31-16-7-8-17-33(31)41-34)36(32)37(40-38)27-12-5-2-6-13-27;1-3-9-21(10-4-1)22-15-17-23(18-16-22)31-30-26(33-32(34-31)24-11-5-2-6-12-24)19-20-28-29(30)25-13-7-8-14-27(25)35-28/h1-32H;1-24H;1-20H. The van der Waals surface area contributed by atoms with Gasteiger partial charge in [-0.1, -0.05) is 370 Å². The van der Waals surface area contributed by atoms with Gasteiger partial charge in [0, 0.05) is 110 Å². The fraction of sp³-hybridized carbons (Fsp3) is 0. The van der Waals surface area contributed by atoms with E-state index in [0.29, 0.717) is 0 Å². The van der Waals surface area contributed by atoms with E-state index in [-0.39, 0.29) is 0 Å². The van der Waals surface area contributed by atoms with E-state index in [2.05, 4.69) is 437 Å². The van der Waals surface area contributed by atoms with Gasteiger partial charge in [0.25, 0.3) is 0 Å². The Balaban J connectivity index is 0.000000113. The molecule has 9 heteroatoms. The highest BCUT2D eigenvalue weighted by atomic mass is 32.1. The van der Waals surface area contributed by atoms with Gasteiger partial charge >= 0.3 is 0 Å². The van der Waals surface area contributed by atoms with Gasteiger partial charge in [0.2, 0.25) is 0 Å². The highest BCUT2D eigenvalue weighted by molar-refractivity contribution is 7.27. The van der Waals surface area contributed by atoms with Crippen molar-refractivity contribution in [3.63, 3.8) is 0 Å². The van der Waals surface area contributed by atoms with Crippen molar-refractivity contribution < 1.29 is 0 Å². The Morgan fingerprint density at radius 2 is 0.333 bits per heavy atom. The van der Waals surface area contributed by atoms with Crippen LogP contribution >= 0.6 is 34.0 Å². The smallest absolute Gasteiger partial charge is 0.160 e. The van der Waals surface area contributed by atoms with E-state index in [1.165, 1.54) is 127 Å². The number of rotatable bonds is 13. The molecule has 0 atom stereocenters. The summed E-state index contributed by atoms with van der Waals surface area (Å²) in [4.78, 5) is 31.1. The minimum absolute atomic E-state index is 0.719. The molecule has 19 aromatic carbocycles. The molecule has 0 saturated carbocycles. The molecule has 0 aliphatic rings. The van der Waals surface area contributed by atoms with Crippen LogP contribution in [0.15, 0.2) is 461 Å². The fourth-order valence-electron chi connectivity index (χ4n) is 18.0. The molecular formula is C120H76N6S3. The lowest BCUT2D eigenvalue weighted by atomic mass is 9.92. The summed E-state index contributed by atoms with van der Waals surface area (Å²) in [5.74, 6) is 2.20. The molecule has 0 N–H and O–H groups in total. The van der Waals surface area contributed by atoms with Gasteiger partial charge in [-0.2, -0.15) is 0 Å². The molecule has 0 fully saturated rings. The Morgan fingerprint density at radius 3 is 0.698 bits per heavy atom. The van der Waals surface area contributed by atoms with Crippen LogP contribution in [0.2, 0.25) is 0 Å². The largest absolute Gasteiger partial charge is 0.228 e. The Kier molecular flexibility index (Phi) is 20.5. The molecule has 25 aromatic rings. The van der Waals surface area contributed by atoms with E-state index in [1.54, 1.807) is 0 Å². The summed E-state index contributed by atoms with van der Waals surface area (Å²) in [6, 6.07) is 163. The monoisotopic (exact) mass is 1700 g/mol. The number of thiophene rings is 3. The van der Waals surface area contributed by atoms with Crippen molar-refractivity contribution in [2.45, 2.75) is 0 Å². The third kappa shape index (κ3) is 15.2. The van der Waals surface area contributed by atoms with Gasteiger partial charge in [-0.3, -0.25) is 0 Å². The Morgan fingerprint density at radius 1 is 0.124 bits per heavy atom. The molecule has 0 aliphatic heterocycles. The van der Waals surface area contributed by atoms with Crippen LogP contribution in [-0.2, 0) is 0 Å². The van der Waals surface area contributed by atoms with Gasteiger partial charge in [-0.15, -0.1) is 34.0 Å². The summed E-state index contributed by atoms with van der Waals surface area (Å²) in [6.07, 6.45) is 0. The Hall–Kier alpha value is -16.1. The molecule has 0 bridgehead atoms. The third-order valence-corrected chi connectivity index (χ3v) is 27.7. The summed E-state index contributed by atoms with van der Waals surface area (Å²) in [5, 5.41) is 10.8. The zero-order chi connectivity index (χ0) is 85.5. The lowest BCUT2D eigenvalue weighted by Gasteiger charge is -2.13. The van der Waals surface area contributed by atoms with Gasteiger partial charge in [0.05, 0.1) is 33.6 Å². The van der Waals surface area contributed by atoms with Crippen LogP contribution in [0.25, 0.3) is 239 Å². The van der Waals surface area contributed by atoms with Crippen molar-refractivity contribution in [2.75, 3.05) is 0 Å². The molecule has 129 heavy (non-hydrogen) atoms. The van der Waals surface area contributed by atoms with Crippen LogP contribution < -0.4 is 0 Å². The van der Waals surface area contributed by atoms with E-state index in [0.717, 1.165) is 112 Å². The summed E-state index contributed by atoms with van der Waals surface area (Å²) in [5.41, 5.74) is 28.7. The predicted molar refractivity (Wildman–Crippen MR) is 548 cm³/mol. The minimum atomic E-state index is 0.719. The highest BCUT2D eigenvalue weighted by Gasteiger charge is 2.23. The SMILES string of the molecule is c1ccc(-c2cc(-c3ccccc3)cc(-c3cccc(-c4cccc(-c5nc(-c6ccccc6)c6c(ccc7sc8ccccc8c76)n5)c4)c3)c2)cc1.c1ccc(-c2ccc(-c3nc(-c4ccccc4)nc4ccc5sc6ccccc6c5c34)cc2)cc1.c1ccc(-c2cccc(-c3ccc(-c4nc(-c5ccccc5)c5c(ccc6sc7ccccc7c65)n4)cc3)c2)cc1. The molecule has 0 amide bonds. The van der Waals surface area contributed by atoms with Gasteiger partial charge < -0.3 is 0 Å². The first-order valence-electron chi connectivity index (χ1n) is 43.3. The summed E-state index contributed by atoms with van der Waals surface area (Å²) < 4.78 is 7.61. The molecule has 6 aromatic heterocycles. The summed E-state index contributed by atoms with van der Waals surface area (Å²) in [6.45, 7) is 0. The van der Waals surface area contributed by atoms with Crippen molar-refractivity contribution >= 4 is 127 Å². The number of nitrogens with zero attached hydrogens (tertiary/aromatic N) is 6. The molecule has 0 saturated heterocycles. The van der Waals surface area contributed by atoms with Crippen molar-refractivity contribution in [2.24, 2.45) is 0 Å². The first-order chi connectivity index (χ1) is 63.9. The predicted octanol–water partition coefficient (Wildman–Crippen LogP) is 33.7. The maximum atomic E-state index is 5.35. The number of aromatic nitrogens is 6. The van der Waals surface area contributed by atoms with E-state index in [4.69, 9.17) is 29.9 Å². The zero-order valence-electron chi connectivity index (χ0n) is 69.8. The van der Waals surface area contributed by atoms with Gasteiger partial charge in [-0.25, -0.2) is 29.9 Å². The second-order valence-electron chi connectivity index (χ2n) is 32.2. The molecule has 6 nitrogen and oxygen atoms in total. The fourth-order valence-corrected chi connectivity index (χ4v) is 21.3. The summed E-state index contributed by atoms with van der Waals surface area (Å²) >= 11 is 5.47. The number of fused-ring (bicyclic) bond motifs is 15. The van der Waals surface area contributed by atoms with Crippen LogP contribution in [0.5, 0.6) is 0 Å². The van der Waals surface area contributed by atoms with Crippen LogP contribution in [0, 0.1) is 0 Å². The lowest BCUT2D eigenvalue weighted by molar-refractivity contribution is 1.23. The second kappa shape index (κ2) is 34.1. The van der Waals surface area contributed by atoms with Crippen LogP contribution in [0.4, 0.5) is 0 Å². The number of hydrogen-bond donors (Lipinski definition) is 0. The number of benzene rings is 19. The van der Waals surface area contributed by atoms with Crippen molar-refractivity contribution in [1.82, 2.24) is 29.9 Å². The molecule has 0 radical (unpaired) electrons. The normalized spacial score (nSPS) is 11.4. The van der Waals surface area contributed by atoms with E-state index in [9.17, 15) is 0 Å². The second-order valence-corrected chi connectivity index (χ2v) is 35.5. The average molecular weight is 1700 g/mol. The van der Waals surface area contributed by atoms with Crippen LogP contribution in [-0.4, -0.2) is 29.9 Å². The maximum absolute atomic E-state index is 5.35. The molecule has 604 valence electrons. The van der Waals surface area contributed by atoms with E-state index in [1.807, 2.05) is 58.3 Å². The van der Waals surface area contributed by atoms with Crippen LogP contribution in [0.1, 0.15) is 0 Å². The zero-order valence-corrected chi connectivity index (χ0v) is 72.2. The van der Waals surface area contributed by atoms with E-state index < -0.39 is 0 Å². The van der Waals surface area contributed by atoms with Crippen molar-refractivity contribution in [3.8, 4) is 146 Å². The molecule has 25 rings (SSSR count). The molecule has 6 heterocycles. The van der Waals surface area contributed by atoms with Crippen molar-refractivity contribution in [3.05, 3.63) is 461 Å². The summed E-state index contributed by atoms with van der Waals surface area (Å²) in [7, 11) is 0. The van der Waals surface area contributed by atoms with E-state index >= 15 is 0 Å². The quantitative estimate of drug-likeness (QED) is 0.114. The average Bonchev–Trinajstić information content (AvgIpc) is 1.66. The Labute approximate surface area is 758 Å². The van der Waals surface area contributed by atoms with Crippen molar-refractivity contribution in [1.29, 1.82) is 0 Å². The topological polar surface area (TPSA) is 77.3 Å². The van der Waals surface area contributed by atoms with Gasteiger partial charge in [0.15, 0.2) is 17.5 Å². The first kappa shape index (κ1) is 77.6. The maximum Gasteiger partial charge on any atom is 0.160 e. The van der Waals surface area contributed by atoms with Gasteiger partial charge in [-0.05, 0) is 169 Å². The molecule has 0 unspecified atom stereocenters. The van der Waals surface area contributed by atoms with Crippen LogP contribution in [0.3, 0.4) is 0 Å².